The number of carbonyl (C=O) groups is 1. The quantitative estimate of drug-likeness (QED) is 0.584. The Morgan fingerprint density at radius 1 is 0.909 bits per heavy atom. The smallest absolute Gasteiger partial charge is 0.277 e. The Hall–Kier alpha value is -4.00. The summed E-state index contributed by atoms with van der Waals surface area (Å²) in [5, 5.41) is 12.6. The fourth-order valence-electron chi connectivity index (χ4n) is 4.45. The lowest BCUT2D eigenvalue weighted by molar-refractivity contribution is 0.0683. The number of benzene rings is 2. The summed E-state index contributed by atoms with van der Waals surface area (Å²) >= 11 is 0. The average Bonchev–Trinajstić information content (AvgIpc) is 2.85. The van der Waals surface area contributed by atoms with Crippen LogP contribution >= 0.6 is 0 Å². The normalized spacial score (nSPS) is 19.3. The SMILES string of the molecule is O=C1c2c(O)c(=O)ccn2N2CN1CC/C=C/CCOc1ccccc1[C@@H]2c1ccccc1. The van der Waals surface area contributed by atoms with E-state index in [2.05, 4.69) is 6.08 Å². The van der Waals surface area contributed by atoms with Crippen molar-refractivity contribution in [1.29, 1.82) is 0 Å². The molecule has 0 unspecified atom stereocenters. The molecule has 1 atom stereocenters. The number of fused-ring (bicyclic) bond motifs is 5. The number of rotatable bonds is 1. The number of hydrogen-bond acceptors (Lipinski definition) is 5. The second-order valence-electron chi connectivity index (χ2n) is 8.12. The van der Waals surface area contributed by atoms with Gasteiger partial charge < -0.3 is 14.7 Å². The van der Waals surface area contributed by atoms with Crippen molar-refractivity contribution in [2.24, 2.45) is 0 Å². The average molecular weight is 444 g/mol. The molecule has 2 aromatic carbocycles. The Balaban J connectivity index is 1.76. The van der Waals surface area contributed by atoms with Gasteiger partial charge in [-0.25, -0.2) is 0 Å². The predicted molar refractivity (Wildman–Crippen MR) is 125 cm³/mol. The van der Waals surface area contributed by atoms with E-state index < -0.39 is 11.2 Å². The van der Waals surface area contributed by atoms with Crippen LogP contribution in [-0.4, -0.2) is 40.4 Å². The molecule has 0 radical (unpaired) electrons. The second-order valence-corrected chi connectivity index (χ2v) is 8.12. The van der Waals surface area contributed by atoms with Crippen LogP contribution in [0.1, 0.15) is 40.5 Å². The van der Waals surface area contributed by atoms with E-state index in [1.807, 2.05) is 65.7 Å². The molecule has 1 amide bonds. The van der Waals surface area contributed by atoms with Crippen LogP contribution in [0.25, 0.3) is 0 Å². The first kappa shape index (κ1) is 20.9. The Morgan fingerprint density at radius 2 is 1.67 bits per heavy atom. The lowest BCUT2D eigenvalue weighted by atomic mass is 9.97. The zero-order valence-electron chi connectivity index (χ0n) is 18.1. The third-order valence-corrected chi connectivity index (χ3v) is 6.04. The Morgan fingerprint density at radius 3 is 2.52 bits per heavy atom. The number of pyridine rings is 1. The van der Waals surface area contributed by atoms with Crippen molar-refractivity contribution in [1.82, 2.24) is 9.58 Å². The molecule has 7 nitrogen and oxygen atoms in total. The summed E-state index contributed by atoms with van der Waals surface area (Å²) < 4.78 is 7.79. The van der Waals surface area contributed by atoms with Gasteiger partial charge in [0.15, 0.2) is 11.4 Å². The largest absolute Gasteiger partial charge is 0.502 e. The van der Waals surface area contributed by atoms with E-state index in [-0.39, 0.29) is 24.3 Å². The fraction of sp³-hybridized carbons (Fsp3) is 0.231. The van der Waals surface area contributed by atoms with Crippen LogP contribution in [0.15, 0.2) is 83.8 Å². The minimum atomic E-state index is -0.575. The van der Waals surface area contributed by atoms with Crippen molar-refractivity contribution >= 4 is 5.91 Å². The first-order chi connectivity index (χ1) is 16.1. The fourth-order valence-corrected chi connectivity index (χ4v) is 4.45. The van der Waals surface area contributed by atoms with E-state index in [9.17, 15) is 14.7 Å². The molecule has 2 bridgehead atoms. The monoisotopic (exact) mass is 443 g/mol. The molecule has 0 saturated heterocycles. The molecular weight excluding hydrogens is 418 g/mol. The van der Waals surface area contributed by atoms with Crippen molar-refractivity contribution in [2.75, 3.05) is 24.8 Å². The molecule has 33 heavy (non-hydrogen) atoms. The van der Waals surface area contributed by atoms with Crippen LogP contribution in [0.5, 0.6) is 11.5 Å². The molecule has 168 valence electrons. The van der Waals surface area contributed by atoms with Crippen molar-refractivity contribution < 1.29 is 14.6 Å². The Bertz CT molecular complexity index is 1250. The molecule has 5 rings (SSSR count). The molecule has 3 aromatic rings. The van der Waals surface area contributed by atoms with Gasteiger partial charge in [-0.15, -0.1) is 0 Å². The number of ether oxygens (including phenoxy) is 1. The first-order valence-corrected chi connectivity index (χ1v) is 11.1. The molecular formula is C26H25N3O4. The van der Waals surface area contributed by atoms with Gasteiger partial charge in [-0.05, 0) is 24.5 Å². The molecule has 1 aromatic heterocycles. The van der Waals surface area contributed by atoms with E-state index in [1.165, 1.54) is 6.07 Å². The summed E-state index contributed by atoms with van der Waals surface area (Å²) in [6.07, 6.45) is 7.07. The zero-order chi connectivity index (χ0) is 22.8. The molecule has 2 aliphatic rings. The highest BCUT2D eigenvalue weighted by Crippen LogP contribution is 2.36. The van der Waals surface area contributed by atoms with E-state index in [4.69, 9.17) is 4.74 Å². The van der Waals surface area contributed by atoms with Gasteiger partial charge in [0.25, 0.3) is 5.91 Å². The van der Waals surface area contributed by atoms with E-state index in [0.29, 0.717) is 19.6 Å². The molecule has 0 saturated carbocycles. The van der Waals surface area contributed by atoms with Crippen molar-refractivity contribution in [2.45, 2.75) is 18.9 Å². The number of amides is 1. The van der Waals surface area contributed by atoms with Gasteiger partial charge in [-0.2, -0.15) is 0 Å². The topological polar surface area (TPSA) is 75.0 Å². The van der Waals surface area contributed by atoms with Gasteiger partial charge >= 0.3 is 0 Å². The molecule has 3 heterocycles. The number of hydrogen-bond donors (Lipinski definition) is 1. The molecule has 0 spiro atoms. The van der Waals surface area contributed by atoms with Crippen LogP contribution < -0.4 is 15.2 Å². The summed E-state index contributed by atoms with van der Waals surface area (Å²) in [5.41, 5.74) is 1.34. The van der Waals surface area contributed by atoms with Crippen LogP contribution in [0.2, 0.25) is 0 Å². The molecule has 0 aliphatic carbocycles. The summed E-state index contributed by atoms with van der Waals surface area (Å²) in [5.74, 6) is -0.135. The van der Waals surface area contributed by atoms with E-state index in [0.717, 1.165) is 23.3 Å². The molecule has 2 aliphatic heterocycles. The van der Waals surface area contributed by atoms with Crippen LogP contribution in [0.3, 0.4) is 0 Å². The Kier molecular flexibility index (Phi) is 5.60. The second kappa shape index (κ2) is 8.86. The minimum Gasteiger partial charge on any atom is -0.502 e. The van der Waals surface area contributed by atoms with Crippen LogP contribution in [-0.2, 0) is 0 Å². The lowest BCUT2D eigenvalue weighted by Gasteiger charge is -2.44. The highest BCUT2D eigenvalue weighted by Gasteiger charge is 2.37. The van der Waals surface area contributed by atoms with Gasteiger partial charge in [-0.1, -0.05) is 60.7 Å². The van der Waals surface area contributed by atoms with Gasteiger partial charge in [0.2, 0.25) is 5.43 Å². The molecule has 7 heteroatoms. The maximum Gasteiger partial charge on any atom is 0.277 e. The third kappa shape index (κ3) is 3.86. The lowest BCUT2D eigenvalue weighted by Crippen LogP contribution is -2.55. The zero-order valence-corrected chi connectivity index (χ0v) is 18.1. The summed E-state index contributed by atoms with van der Waals surface area (Å²) in [4.78, 5) is 27.2. The Labute approximate surface area is 191 Å². The summed E-state index contributed by atoms with van der Waals surface area (Å²) in [6.45, 7) is 1.30. The number of aromatic nitrogens is 1. The maximum atomic E-state index is 13.3. The minimum absolute atomic E-state index is 0.0214. The van der Waals surface area contributed by atoms with E-state index >= 15 is 0 Å². The van der Waals surface area contributed by atoms with Gasteiger partial charge in [-0.3, -0.25) is 19.3 Å². The standard InChI is InChI=1S/C26H25N3O4/c30-21-14-16-28-24(25(21)31)26(32)27-15-8-1-2-9-17-33-22-13-7-6-12-20(22)23(29(28)18-27)19-10-4-3-5-11-19/h1-7,10-14,16,23,31H,8-9,15,17-18H2/b2-1+/t23-/m0/s1. The number of nitrogens with zero attached hydrogens (tertiary/aromatic N) is 3. The van der Waals surface area contributed by atoms with E-state index in [1.54, 1.807) is 15.8 Å². The van der Waals surface area contributed by atoms with Crippen LogP contribution in [0.4, 0.5) is 0 Å². The number of carbonyl (C=O) groups excluding carboxylic acids is 1. The number of aromatic hydroxyl groups is 1. The third-order valence-electron chi connectivity index (χ3n) is 6.04. The van der Waals surface area contributed by atoms with Crippen molar-refractivity contribution in [3.63, 3.8) is 0 Å². The molecule has 1 N–H and O–H groups in total. The highest BCUT2D eigenvalue weighted by atomic mass is 16.5. The van der Waals surface area contributed by atoms with Crippen LogP contribution in [0, 0.1) is 0 Å². The highest BCUT2D eigenvalue weighted by molar-refractivity contribution is 5.96. The van der Waals surface area contributed by atoms with Crippen molar-refractivity contribution in [3.05, 3.63) is 106 Å². The van der Waals surface area contributed by atoms with Gasteiger partial charge in [0, 0.05) is 24.4 Å². The first-order valence-electron chi connectivity index (χ1n) is 11.1. The van der Waals surface area contributed by atoms with Gasteiger partial charge in [0.05, 0.1) is 6.61 Å². The molecule has 0 fully saturated rings. The number of para-hydroxylation sites is 1. The van der Waals surface area contributed by atoms with Crippen molar-refractivity contribution in [3.8, 4) is 11.5 Å². The maximum absolute atomic E-state index is 13.3. The summed E-state index contributed by atoms with van der Waals surface area (Å²) in [6, 6.07) is 18.8. The van der Waals surface area contributed by atoms with Gasteiger partial charge in [0.1, 0.15) is 18.5 Å². The summed E-state index contributed by atoms with van der Waals surface area (Å²) in [7, 11) is 0. The predicted octanol–water partition coefficient (Wildman–Crippen LogP) is 3.42.